The first-order valence-corrected chi connectivity index (χ1v) is 5.41. The molecule has 0 radical (unpaired) electrons. The normalized spacial score (nSPS) is 31.9. The van der Waals surface area contributed by atoms with Crippen LogP contribution in [0, 0.1) is 0 Å². The average molecular weight is 211 g/mol. The van der Waals surface area contributed by atoms with Crippen molar-refractivity contribution in [3.05, 3.63) is 11.6 Å². The zero-order valence-corrected chi connectivity index (χ0v) is 8.98. The summed E-state index contributed by atoms with van der Waals surface area (Å²) in [6.45, 7) is 4.51. The predicted octanol–water partition coefficient (Wildman–Crippen LogP) is 0.881. The number of carboxylic acids is 1. The Labute approximate surface area is 89.5 Å². The molecule has 0 spiro atoms. The molecule has 84 valence electrons. The molecular weight excluding hydrogens is 194 g/mol. The van der Waals surface area contributed by atoms with Crippen molar-refractivity contribution in [2.45, 2.75) is 32.0 Å². The fraction of sp³-hybridized carbons (Fsp3) is 0.727. The Bertz CT molecular complexity index is 276. The highest BCUT2D eigenvalue weighted by molar-refractivity contribution is 5.80. The van der Waals surface area contributed by atoms with Gasteiger partial charge in [0.1, 0.15) is 0 Å². The van der Waals surface area contributed by atoms with E-state index in [4.69, 9.17) is 9.84 Å². The van der Waals surface area contributed by atoms with Crippen molar-refractivity contribution >= 4 is 5.97 Å². The van der Waals surface area contributed by atoms with E-state index in [9.17, 15) is 4.79 Å². The van der Waals surface area contributed by atoms with Crippen molar-refractivity contribution in [3.8, 4) is 0 Å². The second kappa shape index (κ2) is 4.33. The van der Waals surface area contributed by atoms with Gasteiger partial charge in [-0.3, -0.25) is 4.90 Å². The van der Waals surface area contributed by atoms with Crippen molar-refractivity contribution in [2.75, 3.05) is 19.6 Å². The number of carboxylic acid groups (broad SMARTS) is 1. The van der Waals surface area contributed by atoms with Crippen LogP contribution in [0.15, 0.2) is 11.6 Å². The van der Waals surface area contributed by atoms with Crippen LogP contribution in [0.1, 0.15) is 19.8 Å². The first-order valence-electron chi connectivity index (χ1n) is 5.41. The highest BCUT2D eigenvalue weighted by Crippen LogP contribution is 2.26. The van der Waals surface area contributed by atoms with Gasteiger partial charge >= 0.3 is 5.97 Å². The maximum atomic E-state index is 10.5. The molecule has 2 atom stereocenters. The van der Waals surface area contributed by atoms with E-state index in [-0.39, 0.29) is 0 Å². The van der Waals surface area contributed by atoms with E-state index in [1.54, 1.807) is 0 Å². The second-order valence-electron chi connectivity index (χ2n) is 4.48. The maximum Gasteiger partial charge on any atom is 0.328 e. The Balaban J connectivity index is 1.88. The number of rotatable bonds is 3. The van der Waals surface area contributed by atoms with Gasteiger partial charge in [-0.15, -0.1) is 0 Å². The fourth-order valence-electron chi connectivity index (χ4n) is 2.44. The molecule has 2 aliphatic heterocycles. The summed E-state index contributed by atoms with van der Waals surface area (Å²) in [5.41, 5.74) is 0.906. The molecule has 2 unspecified atom stereocenters. The van der Waals surface area contributed by atoms with E-state index >= 15 is 0 Å². The van der Waals surface area contributed by atoms with Crippen molar-refractivity contribution in [1.82, 2.24) is 4.90 Å². The van der Waals surface area contributed by atoms with Crippen LogP contribution in [0.25, 0.3) is 0 Å². The van der Waals surface area contributed by atoms with Gasteiger partial charge in [0.25, 0.3) is 0 Å². The highest BCUT2D eigenvalue weighted by atomic mass is 16.5. The van der Waals surface area contributed by atoms with Gasteiger partial charge in [0.15, 0.2) is 0 Å². The van der Waals surface area contributed by atoms with Crippen LogP contribution in [-0.4, -0.2) is 47.8 Å². The molecular formula is C11H17NO3. The van der Waals surface area contributed by atoms with E-state index in [0.717, 1.165) is 38.0 Å². The lowest BCUT2D eigenvalue weighted by Crippen LogP contribution is -2.43. The lowest BCUT2D eigenvalue weighted by molar-refractivity contribution is -0.131. The Kier molecular flexibility index (Phi) is 3.07. The number of nitrogens with zero attached hydrogens (tertiary/aromatic N) is 1. The number of hydrogen-bond donors (Lipinski definition) is 1. The maximum absolute atomic E-state index is 10.5. The monoisotopic (exact) mass is 211 g/mol. The zero-order chi connectivity index (χ0) is 10.8. The number of aliphatic carboxylic acids is 1. The summed E-state index contributed by atoms with van der Waals surface area (Å²) >= 11 is 0. The second-order valence-corrected chi connectivity index (χ2v) is 4.48. The highest BCUT2D eigenvalue weighted by Gasteiger charge is 2.33. The third-order valence-electron chi connectivity index (χ3n) is 2.96. The van der Waals surface area contributed by atoms with Crippen molar-refractivity contribution in [3.63, 3.8) is 0 Å². The minimum Gasteiger partial charge on any atom is -0.478 e. The largest absolute Gasteiger partial charge is 0.478 e. The van der Waals surface area contributed by atoms with Gasteiger partial charge < -0.3 is 9.84 Å². The lowest BCUT2D eigenvalue weighted by atomic mass is 10.2. The van der Waals surface area contributed by atoms with Gasteiger partial charge in [0.2, 0.25) is 0 Å². The molecule has 0 aromatic heterocycles. The molecule has 0 amide bonds. The van der Waals surface area contributed by atoms with E-state index in [2.05, 4.69) is 4.90 Å². The summed E-state index contributed by atoms with van der Waals surface area (Å²) in [6, 6.07) is 0. The van der Waals surface area contributed by atoms with Gasteiger partial charge in [-0.2, -0.15) is 0 Å². The third kappa shape index (κ3) is 2.79. The van der Waals surface area contributed by atoms with Crippen LogP contribution in [0.2, 0.25) is 0 Å². The molecule has 4 nitrogen and oxygen atoms in total. The van der Waals surface area contributed by atoms with Gasteiger partial charge in [0.05, 0.1) is 12.2 Å². The lowest BCUT2D eigenvalue weighted by Gasteiger charge is -2.32. The van der Waals surface area contributed by atoms with Crippen LogP contribution in [0.5, 0.6) is 0 Å². The molecule has 2 aliphatic rings. The minimum atomic E-state index is -0.858. The number of hydrogen-bond acceptors (Lipinski definition) is 3. The molecule has 2 rings (SSSR count). The first-order chi connectivity index (χ1) is 7.13. The number of carbonyl (C=O) groups is 1. The van der Waals surface area contributed by atoms with Crippen LogP contribution in [0.3, 0.4) is 0 Å². The smallest absolute Gasteiger partial charge is 0.328 e. The van der Waals surface area contributed by atoms with Crippen molar-refractivity contribution in [1.29, 1.82) is 0 Å². The van der Waals surface area contributed by atoms with Crippen LogP contribution in [-0.2, 0) is 9.53 Å². The van der Waals surface area contributed by atoms with E-state index in [0.29, 0.717) is 12.2 Å². The topological polar surface area (TPSA) is 49.8 Å². The molecule has 0 saturated carbocycles. The SMILES string of the molecule is CC(=CC(=O)O)CN1CC2CCC(C1)O2. The third-order valence-corrected chi connectivity index (χ3v) is 2.96. The molecule has 2 saturated heterocycles. The Hall–Kier alpha value is -0.870. The Morgan fingerprint density at radius 2 is 2.07 bits per heavy atom. The Morgan fingerprint density at radius 1 is 1.47 bits per heavy atom. The standard InChI is InChI=1S/C11H17NO3/c1-8(4-11(13)14)5-12-6-9-2-3-10(7-12)15-9/h4,9-10H,2-3,5-7H2,1H3,(H,13,14). The number of fused-ring (bicyclic) bond motifs is 2. The van der Waals surface area contributed by atoms with E-state index in [1.165, 1.54) is 6.08 Å². The summed E-state index contributed by atoms with van der Waals surface area (Å²) in [5, 5.41) is 8.61. The number of likely N-dealkylation sites (tertiary alicyclic amines) is 1. The molecule has 0 aliphatic carbocycles. The summed E-state index contributed by atoms with van der Waals surface area (Å²) in [5.74, 6) is -0.858. The summed E-state index contributed by atoms with van der Waals surface area (Å²) in [4.78, 5) is 12.8. The average Bonchev–Trinajstić information content (AvgIpc) is 2.44. The summed E-state index contributed by atoms with van der Waals surface area (Å²) < 4.78 is 5.71. The zero-order valence-electron chi connectivity index (χ0n) is 8.98. The molecule has 2 heterocycles. The Morgan fingerprint density at radius 3 is 2.60 bits per heavy atom. The first kappa shape index (κ1) is 10.6. The van der Waals surface area contributed by atoms with Gasteiger partial charge in [-0.25, -0.2) is 4.79 Å². The van der Waals surface area contributed by atoms with Crippen LogP contribution < -0.4 is 0 Å². The number of ether oxygens (including phenoxy) is 1. The number of morpholine rings is 1. The minimum absolute atomic E-state index is 0.376. The molecule has 1 N–H and O–H groups in total. The molecule has 15 heavy (non-hydrogen) atoms. The van der Waals surface area contributed by atoms with E-state index in [1.807, 2.05) is 6.92 Å². The molecule has 2 bridgehead atoms. The van der Waals surface area contributed by atoms with Gasteiger partial charge in [0, 0.05) is 25.7 Å². The van der Waals surface area contributed by atoms with Crippen LogP contribution >= 0.6 is 0 Å². The quantitative estimate of drug-likeness (QED) is 0.704. The summed E-state index contributed by atoms with van der Waals surface area (Å²) in [6.07, 6.45) is 4.35. The molecule has 0 aromatic carbocycles. The van der Waals surface area contributed by atoms with E-state index < -0.39 is 5.97 Å². The van der Waals surface area contributed by atoms with Gasteiger partial charge in [-0.05, 0) is 19.8 Å². The van der Waals surface area contributed by atoms with Gasteiger partial charge in [-0.1, -0.05) is 5.57 Å². The molecule has 2 fully saturated rings. The van der Waals surface area contributed by atoms with Crippen molar-refractivity contribution in [2.24, 2.45) is 0 Å². The fourth-order valence-corrected chi connectivity index (χ4v) is 2.44. The predicted molar refractivity (Wildman–Crippen MR) is 55.7 cm³/mol. The molecule has 0 aromatic rings. The van der Waals surface area contributed by atoms with Crippen molar-refractivity contribution < 1.29 is 14.6 Å². The molecule has 4 heteroatoms. The summed E-state index contributed by atoms with van der Waals surface area (Å²) in [7, 11) is 0. The van der Waals surface area contributed by atoms with Crippen LogP contribution in [0.4, 0.5) is 0 Å².